The Balaban J connectivity index is 1.72. The molecule has 5 rings (SSSR count). The molecule has 4 aromatic rings. The molecule has 0 unspecified atom stereocenters. The molecule has 1 fully saturated rings. The van der Waals surface area contributed by atoms with Crippen molar-refractivity contribution in [1.82, 2.24) is 19.2 Å². The minimum atomic E-state index is 0.0263. The van der Waals surface area contributed by atoms with E-state index in [-0.39, 0.29) is 5.56 Å². The topological polar surface area (TPSA) is 52.2 Å². The van der Waals surface area contributed by atoms with Gasteiger partial charge in [0.1, 0.15) is 5.65 Å². The van der Waals surface area contributed by atoms with Crippen molar-refractivity contribution in [2.24, 2.45) is 7.05 Å². The second-order valence-corrected chi connectivity index (χ2v) is 8.76. The van der Waals surface area contributed by atoms with E-state index in [0.29, 0.717) is 11.3 Å². The zero-order valence-corrected chi connectivity index (χ0v) is 18.0. The van der Waals surface area contributed by atoms with Gasteiger partial charge in [-0.25, -0.2) is 4.52 Å². The summed E-state index contributed by atoms with van der Waals surface area (Å²) in [4.78, 5) is 17.5. The third-order valence-corrected chi connectivity index (χ3v) is 6.50. The molecule has 1 aromatic carbocycles. The lowest BCUT2D eigenvalue weighted by molar-refractivity contribution is 0.574. The van der Waals surface area contributed by atoms with Gasteiger partial charge < -0.3 is 0 Å². The van der Waals surface area contributed by atoms with Crippen LogP contribution in [0.25, 0.3) is 27.7 Å². The van der Waals surface area contributed by atoms with Gasteiger partial charge in [-0.1, -0.05) is 31.7 Å². The number of hydrogen-bond donors (Lipinski definition) is 0. The van der Waals surface area contributed by atoms with E-state index in [4.69, 9.17) is 5.10 Å². The Labute approximate surface area is 176 Å². The highest BCUT2D eigenvalue weighted by Gasteiger charge is 2.20. The molecule has 5 heteroatoms. The van der Waals surface area contributed by atoms with Crippen molar-refractivity contribution in [3.8, 4) is 11.1 Å². The van der Waals surface area contributed by atoms with Crippen LogP contribution in [0.15, 0.2) is 41.2 Å². The average molecular weight is 401 g/mol. The summed E-state index contributed by atoms with van der Waals surface area (Å²) < 4.78 is 3.71. The van der Waals surface area contributed by atoms with E-state index in [1.807, 2.05) is 37.5 Å². The van der Waals surface area contributed by atoms with Gasteiger partial charge in [-0.15, -0.1) is 0 Å². The van der Waals surface area contributed by atoms with Crippen molar-refractivity contribution >= 4 is 16.6 Å². The molecule has 0 amide bonds. The molecular weight excluding hydrogens is 372 g/mol. The van der Waals surface area contributed by atoms with Crippen molar-refractivity contribution in [3.05, 3.63) is 63.8 Å². The van der Waals surface area contributed by atoms with Gasteiger partial charge in [-0.2, -0.15) is 5.10 Å². The number of fused-ring (bicyclic) bond motifs is 3. The first-order valence-electron chi connectivity index (χ1n) is 11.0. The van der Waals surface area contributed by atoms with Crippen molar-refractivity contribution in [2.45, 2.75) is 58.3 Å². The van der Waals surface area contributed by atoms with Crippen LogP contribution in [0.2, 0.25) is 0 Å². The summed E-state index contributed by atoms with van der Waals surface area (Å²) in [6.45, 7) is 4.02. The van der Waals surface area contributed by atoms with Gasteiger partial charge in [0.15, 0.2) is 0 Å². The van der Waals surface area contributed by atoms with Crippen LogP contribution >= 0.6 is 0 Å². The van der Waals surface area contributed by atoms with Gasteiger partial charge in [0.25, 0.3) is 5.56 Å². The van der Waals surface area contributed by atoms with Crippen LogP contribution in [0, 0.1) is 13.8 Å². The van der Waals surface area contributed by atoms with Gasteiger partial charge >= 0.3 is 0 Å². The van der Waals surface area contributed by atoms with E-state index in [0.717, 1.165) is 39.4 Å². The molecule has 30 heavy (non-hydrogen) atoms. The van der Waals surface area contributed by atoms with E-state index in [1.54, 1.807) is 4.57 Å². The van der Waals surface area contributed by atoms with E-state index >= 15 is 0 Å². The van der Waals surface area contributed by atoms with E-state index < -0.39 is 0 Å². The molecular formula is C25H28N4O. The highest BCUT2D eigenvalue weighted by Crippen LogP contribution is 2.32. The van der Waals surface area contributed by atoms with Crippen molar-refractivity contribution in [2.75, 3.05) is 0 Å². The number of nitrogens with zero attached hydrogens (tertiary/aromatic N) is 4. The second kappa shape index (κ2) is 7.38. The lowest BCUT2D eigenvalue weighted by Crippen LogP contribution is -2.19. The Kier molecular flexibility index (Phi) is 4.69. The fourth-order valence-corrected chi connectivity index (χ4v) is 4.93. The standard InChI is InChI=1S/C25H28N4O/c1-16-12-20(13-17(2)26-16)19-10-11-21-23(14-19)29-24(28(3)25(21)30)15-22(27-29)18-8-6-4-5-7-9-18/h10-15,18H,4-9H2,1-3H3. The minimum absolute atomic E-state index is 0.0263. The Morgan fingerprint density at radius 3 is 2.30 bits per heavy atom. The average Bonchev–Trinajstić information content (AvgIpc) is 2.99. The van der Waals surface area contributed by atoms with Crippen LogP contribution in [0.5, 0.6) is 0 Å². The van der Waals surface area contributed by atoms with Crippen LogP contribution in [0.3, 0.4) is 0 Å². The molecule has 0 saturated heterocycles. The Hall–Kier alpha value is -2.95. The molecule has 154 valence electrons. The van der Waals surface area contributed by atoms with E-state index in [2.05, 4.69) is 29.2 Å². The summed E-state index contributed by atoms with van der Waals surface area (Å²) in [7, 11) is 1.85. The monoisotopic (exact) mass is 400 g/mol. The zero-order valence-electron chi connectivity index (χ0n) is 18.0. The third kappa shape index (κ3) is 3.22. The molecule has 3 aromatic heterocycles. The van der Waals surface area contributed by atoms with Crippen molar-refractivity contribution < 1.29 is 0 Å². The number of hydrogen-bond acceptors (Lipinski definition) is 3. The summed E-state index contributed by atoms with van der Waals surface area (Å²) in [6, 6.07) is 12.4. The first-order chi connectivity index (χ1) is 14.5. The molecule has 1 aliphatic carbocycles. The predicted molar refractivity (Wildman–Crippen MR) is 121 cm³/mol. The number of benzene rings is 1. The van der Waals surface area contributed by atoms with Crippen molar-refractivity contribution in [1.29, 1.82) is 0 Å². The maximum absolute atomic E-state index is 13.1. The zero-order chi connectivity index (χ0) is 20.8. The Bertz CT molecular complexity index is 1290. The number of aryl methyl sites for hydroxylation is 3. The van der Waals surface area contributed by atoms with E-state index in [9.17, 15) is 4.79 Å². The minimum Gasteiger partial charge on any atom is -0.296 e. The van der Waals surface area contributed by atoms with Gasteiger partial charge in [0, 0.05) is 30.4 Å². The molecule has 0 aliphatic heterocycles. The highest BCUT2D eigenvalue weighted by molar-refractivity contribution is 5.85. The lowest BCUT2D eigenvalue weighted by Gasteiger charge is -2.10. The quantitative estimate of drug-likeness (QED) is 0.429. The molecule has 1 aliphatic rings. The second-order valence-electron chi connectivity index (χ2n) is 8.76. The van der Waals surface area contributed by atoms with Gasteiger partial charge in [0.2, 0.25) is 0 Å². The maximum atomic E-state index is 13.1. The first kappa shape index (κ1) is 19.0. The normalized spacial score (nSPS) is 15.7. The van der Waals surface area contributed by atoms with Crippen LogP contribution in [-0.2, 0) is 7.05 Å². The largest absolute Gasteiger partial charge is 0.296 e. The predicted octanol–water partition coefficient (Wildman–Crippen LogP) is 5.30. The molecule has 0 atom stereocenters. The number of pyridine rings is 1. The summed E-state index contributed by atoms with van der Waals surface area (Å²) in [6.07, 6.45) is 7.55. The van der Waals surface area contributed by atoms with Gasteiger partial charge in [-0.3, -0.25) is 14.3 Å². The van der Waals surface area contributed by atoms with Gasteiger partial charge in [0.05, 0.1) is 16.6 Å². The van der Waals surface area contributed by atoms with E-state index in [1.165, 1.54) is 38.5 Å². The van der Waals surface area contributed by atoms with Crippen LogP contribution in [0.1, 0.15) is 61.5 Å². The summed E-state index contributed by atoms with van der Waals surface area (Å²) in [5.41, 5.74) is 7.08. The smallest absolute Gasteiger partial charge is 0.261 e. The van der Waals surface area contributed by atoms with Gasteiger partial charge in [-0.05, 0) is 62.1 Å². The fourth-order valence-electron chi connectivity index (χ4n) is 4.93. The molecule has 0 radical (unpaired) electrons. The summed E-state index contributed by atoms with van der Waals surface area (Å²) >= 11 is 0. The maximum Gasteiger partial charge on any atom is 0.261 e. The third-order valence-electron chi connectivity index (χ3n) is 6.50. The first-order valence-corrected chi connectivity index (χ1v) is 11.0. The van der Waals surface area contributed by atoms with Crippen LogP contribution in [-0.4, -0.2) is 19.2 Å². The number of aromatic nitrogens is 4. The molecule has 0 spiro atoms. The lowest BCUT2D eigenvalue weighted by atomic mass is 9.97. The molecule has 3 heterocycles. The summed E-state index contributed by atoms with van der Waals surface area (Å²) in [5, 5.41) is 5.72. The van der Waals surface area contributed by atoms with Crippen LogP contribution in [0.4, 0.5) is 0 Å². The molecule has 1 saturated carbocycles. The Morgan fingerprint density at radius 2 is 1.60 bits per heavy atom. The number of rotatable bonds is 2. The Morgan fingerprint density at radius 1 is 0.900 bits per heavy atom. The highest BCUT2D eigenvalue weighted by atomic mass is 16.1. The SMILES string of the molecule is Cc1cc(-c2ccc3c(=O)n(C)c4cc(C5CCCCCC5)nn4c3c2)cc(C)n1. The molecule has 0 bridgehead atoms. The summed E-state index contributed by atoms with van der Waals surface area (Å²) in [5.74, 6) is 0.492. The van der Waals surface area contributed by atoms with Crippen LogP contribution < -0.4 is 5.56 Å². The molecule has 5 nitrogen and oxygen atoms in total. The fraction of sp³-hybridized carbons (Fsp3) is 0.400. The molecule has 0 N–H and O–H groups in total. The van der Waals surface area contributed by atoms with Crippen molar-refractivity contribution in [3.63, 3.8) is 0 Å².